The lowest BCUT2D eigenvalue weighted by Crippen LogP contribution is -2.40. The standard InChI is InChI=1S/C28H33F2N3O4/c1-36-26(34)20-10-8-19(9-11-20)25-31-24-22-16-32(27(35)37-2)15-14-18(22)12-13-23(24)33(25)17-28(29,30)21-6-4-3-5-7-21/h3-7,12-13,19-20,27,35H,8-11,14-17H2,1-2H3/t19-,20-,27?. The first kappa shape index (κ1) is 25.8. The number of aromatic nitrogens is 2. The fourth-order valence-corrected chi connectivity index (χ4v) is 5.80. The van der Waals surface area contributed by atoms with Crippen LogP contribution < -0.4 is 0 Å². The first-order chi connectivity index (χ1) is 17.8. The average Bonchev–Trinajstić information content (AvgIpc) is 3.30. The summed E-state index contributed by atoms with van der Waals surface area (Å²) in [5, 5.41) is 10.3. The number of rotatable bonds is 7. The highest BCUT2D eigenvalue weighted by molar-refractivity contribution is 5.81. The number of aliphatic hydroxyl groups excluding tert-OH is 1. The number of methoxy groups -OCH3 is 2. The molecule has 2 aromatic carbocycles. The molecule has 0 saturated heterocycles. The zero-order chi connectivity index (χ0) is 26.2. The molecule has 5 rings (SSSR count). The Balaban J connectivity index is 1.56. The number of nitrogens with zero attached hydrogens (tertiary/aromatic N) is 3. The molecule has 0 bridgehead atoms. The Kier molecular flexibility index (Phi) is 7.29. The van der Waals surface area contributed by atoms with Crippen molar-refractivity contribution in [2.24, 2.45) is 5.92 Å². The van der Waals surface area contributed by atoms with E-state index < -0.39 is 18.9 Å². The lowest BCUT2D eigenvalue weighted by atomic mass is 9.81. The number of fused-ring (bicyclic) bond motifs is 3. The van der Waals surface area contributed by atoms with Gasteiger partial charge in [0.05, 0.1) is 30.6 Å². The van der Waals surface area contributed by atoms with E-state index in [4.69, 9.17) is 14.5 Å². The van der Waals surface area contributed by atoms with E-state index in [0.29, 0.717) is 62.1 Å². The van der Waals surface area contributed by atoms with Crippen LogP contribution in [0.1, 0.15) is 54.1 Å². The van der Waals surface area contributed by atoms with Gasteiger partial charge >= 0.3 is 5.97 Å². The number of carbonyl (C=O) groups is 1. The van der Waals surface area contributed by atoms with Crippen LogP contribution in [0, 0.1) is 5.92 Å². The smallest absolute Gasteiger partial charge is 0.308 e. The maximum atomic E-state index is 15.6. The van der Waals surface area contributed by atoms with Crippen LogP contribution in [-0.2, 0) is 39.7 Å². The van der Waals surface area contributed by atoms with Gasteiger partial charge in [0, 0.05) is 31.7 Å². The summed E-state index contributed by atoms with van der Waals surface area (Å²) < 4.78 is 42.9. The molecule has 0 spiro atoms. The van der Waals surface area contributed by atoms with Crippen LogP contribution in [0.5, 0.6) is 0 Å². The molecule has 1 aliphatic heterocycles. The minimum atomic E-state index is -3.10. The number of ether oxygens (including phenoxy) is 2. The molecule has 0 amide bonds. The Bertz CT molecular complexity index is 1260. The molecule has 1 atom stereocenters. The first-order valence-corrected chi connectivity index (χ1v) is 12.8. The van der Waals surface area contributed by atoms with Gasteiger partial charge in [0.2, 0.25) is 6.41 Å². The van der Waals surface area contributed by atoms with Crippen molar-refractivity contribution in [2.45, 2.75) is 63.4 Å². The van der Waals surface area contributed by atoms with Gasteiger partial charge in [-0.15, -0.1) is 0 Å². The zero-order valence-corrected chi connectivity index (χ0v) is 21.2. The quantitative estimate of drug-likeness (QED) is 0.369. The van der Waals surface area contributed by atoms with E-state index in [1.807, 2.05) is 12.1 Å². The number of esters is 1. The Morgan fingerprint density at radius 3 is 2.54 bits per heavy atom. The molecule has 2 aliphatic rings. The number of hydrogen-bond donors (Lipinski definition) is 1. The lowest BCUT2D eigenvalue weighted by molar-refractivity contribution is -0.181. The molecule has 1 aliphatic carbocycles. The third-order valence-electron chi connectivity index (χ3n) is 7.88. The van der Waals surface area contributed by atoms with E-state index in [2.05, 4.69) is 0 Å². The monoisotopic (exact) mass is 513 g/mol. The van der Waals surface area contributed by atoms with Gasteiger partial charge in [0.1, 0.15) is 5.82 Å². The van der Waals surface area contributed by atoms with E-state index in [9.17, 15) is 9.90 Å². The van der Waals surface area contributed by atoms with Crippen LogP contribution in [0.4, 0.5) is 8.78 Å². The van der Waals surface area contributed by atoms with E-state index in [1.165, 1.54) is 26.4 Å². The summed E-state index contributed by atoms with van der Waals surface area (Å²) in [6.07, 6.45) is 2.30. The number of halogens is 2. The van der Waals surface area contributed by atoms with Gasteiger partial charge in [-0.25, -0.2) is 4.98 Å². The van der Waals surface area contributed by atoms with E-state index in [1.54, 1.807) is 27.7 Å². The number of hydrogen-bond acceptors (Lipinski definition) is 6. The number of aliphatic hydroxyl groups is 1. The second kappa shape index (κ2) is 10.5. The summed E-state index contributed by atoms with van der Waals surface area (Å²) in [6.45, 7) is 0.524. The van der Waals surface area contributed by atoms with E-state index in [0.717, 1.165) is 11.1 Å². The lowest BCUT2D eigenvalue weighted by Gasteiger charge is -2.31. The fraction of sp³-hybridized carbons (Fsp3) is 0.500. The maximum Gasteiger partial charge on any atom is 0.308 e. The van der Waals surface area contributed by atoms with Crippen molar-refractivity contribution in [3.05, 3.63) is 65.0 Å². The molecule has 1 unspecified atom stereocenters. The Morgan fingerprint density at radius 2 is 1.86 bits per heavy atom. The Morgan fingerprint density at radius 1 is 1.14 bits per heavy atom. The summed E-state index contributed by atoms with van der Waals surface area (Å²) in [5.41, 5.74) is 3.36. The number of imidazole rings is 1. The second-order valence-corrected chi connectivity index (χ2v) is 10.1. The fourth-order valence-electron chi connectivity index (χ4n) is 5.80. The van der Waals surface area contributed by atoms with Crippen LogP contribution in [0.3, 0.4) is 0 Å². The van der Waals surface area contributed by atoms with Crippen LogP contribution in [0.25, 0.3) is 11.0 Å². The van der Waals surface area contributed by atoms with Crippen molar-refractivity contribution in [1.82, 2.24) is 14.5 Å². The number of carbonyl (C=O) groups excluding carboxylic acids is 1. The highest BCUT2D eigenvalue weighted by Gasteiger charge is 2.37. The van der Waals surface area contributed by atoms with Crippen molar-refractivity contribution in [2.75, 3.05) is 20.8 Å². The highest BCUT2D eigenvalue weighted by atomic mass is 19.3. The van der Waals surface area contributed by atoms with Gasteiger partial charge < -0.3 is 19.1 Å². The van der Waals surface area contributed by atoms with Crippen LogP contribution in [0.15, 0.2) is 42.5 Å². The molecule has 198 valence electrons. The number of alkyl halides is 2. The van der Waals surface area contributed by atoms with E-state index in [-0.39, 0.29) is 23.4 Å². The molecule has 9 heteroatoms. The van der Waals surface area contributed by atoms with Crippen molar-refractivity contribution >= 4 is 17.0 Å². The Hall–Kier alpha value is -2.88. The second-order valence-electron chi connectivity index (χ2n) is 10.1. The van der Waals surface area contributed by atoms with Gasteiger partial charge in [-0.2, -0.15) is 8.78 Å². The third-order valence-corrected chi connectivity index (χ3v) is 7.88. The van der Waals surface area contributed by atoms with Crippen LogP contribution in [0.2, 0.25) is 0 Å². The normalized spacial score (nSPS) is 21.5. The summed E-state index contributed by atoms with van der Waals surface area (Å²) in [6, 6.07) is 11.8. The van der Waals surface area contributed by atoms with E-state index >= 15 is 8.78 Å². The predicted octanol–water partition coefficient (Wildman–Crippen LogP) is 4.56. The maximum absolute atomic E-state index is 15.6. The Labute approximate surface area is 215 Å². The van der Waals surface area contributed by atoms with Crippen molar-refractivity contribution in [1.29, 1.82) is 0 Å². The van der Waals surface area contributed by atoms with Gasteiger partial charge in [-0.05, 0) is 49.3 Å². The van der Waals surface area contributed by atoms with Crippen molar-refractivity contribution in [3.63, 3.8) is 0 Å². The third kappa shape index (κ3) is 5.00. The largest absolute Gasteiger partial charge is 0.469 e. The van der Waals surface area contributed by atoms with Gasteiger partial charge in [-0.3, -0.25) is 9.69 Å². The molecule has 0 radical (unpaired) electrons. The van der Waals surface area contributed by atoms with Crippen molar-refractivity contribution in [3.8, 4) is 0 Å². The topological polar surface area (TPSA) is 76.8 Å². The molecular formula is C28H33F2N3O4. The summed E-state index contributed by atoms with van der Waals surface area (Å²) >= 11 is 0. The number of benzene rings is 2. The molecule has 37 heavy (non-hydrogen) atoms. The van der Waals surface area contributed by atoms with Crippen LogP contribution in [-0.4, -0.2) is 52.7 Å². The first-order valence-electron chi connectivity index (χ1n) is 12.8. The van der Waals surface area contributed by atoms with Gasteiger partial charge in [0.25, 0.3) is 5.92 Å². The van der Waals surface area contributed by atoms with Crippen molar-refractivity contribution < 1.29 is 28.2 Å². The van der Waals surface area contributed by atoms with Gasteiger partial charge in [-0.1, -0.05) is 36.4 Å². The highest BCUT2D eigenvalue weighted by Crippen LogP contribution is 2.40. The minimum absolute atomic E-state index is 0.0375. The summed E-state index contributed by atoms with van der Waals surface area (Å²) in [7, 11) is 2.84. The zero-order valence-electron chi connectivity index (χ0n) is 21.2. The summed E-state index contributed by atoms with van der Waals surface area (Å²) in [4.78, 5) is 18.9. The van der Waals surface area contributed by atoms with Crippen LogP contribution >= 0.6 is 0 Å². The molecule has 7 nitrogen and oxygen atoms in total. The van der Waals surface area contributed by atoms with Gasteiger partial charge in [0.15, 0.2) is 0 Å². The predicted molar refractivity (Wildman–Crippen MR) is 134 cm³/mol. The molecule has 2 heterocycles. The minimum Gasteiger partial charge on any atom is -0.469 e. The molecular weight excluding hydrogens is 480 g/mol. The molecule has 1 N–H and O–H groups in total. The average molecular weight is 514 g/mol. The molecule has 3 aromatic rings. The molecule has 1 fully saturated rings. The SMILES string of the molecule is COC(=O)[C@H]1CC[C@H](c2nc3c4c(ccc3n2CC(F)(F)c2ccccc2)CCN(C(O)OC)C4)CC1. The summed E-state index contributed by atoms with van der Waals surface area (Å²) in [5.74, 6) is -2.89. The molecule has 1 aromatic heterocycles. The molecule has 1 saturated carbocycles.